The molecular weight excluding hydrogens is 228 g/mol. The van der Waals surface area contributed by atoms with Gasteiger partial charge < -0.3 is 10.4 Å². The minimum Gasteiger partial charge on any atom is -0.392 e. The van der Waals surface area contributed by atoms with E-state index in [0.29, 0.717) is 26.1 Å². The Balaban J connectivity index is 2.45. The zero-order valence-electron chi connectivity index (χ0n) is 10.0. The van der Waals surface area contributed by atoms with Crippen molar-refractivity contribution in [1.82, 2.24) is 9.62 Å². The fraction of sp³-hybridized carbons (Fsp3) is 1.00. The number of nitrogens with zero attached hydrogens (tertiary/aromatic N) is 1. The van der Waals surface area contributed by atoms with E-state index < -0.39 is 10.0 Å². The smallest absolute Gasteiger partial charge is 0.211 e. The summed E-state index contributed by atoms with van der Waals surface area (Å²) in [5, 5.41) is 12.6. The number of hydrogen-bond donors (Lipinski definition) is 2. The molecule has 1 heterocycles. The summed E-state index contributed by atoms with van der Waals surface area (Å²) in [5.41, 5.74) is 0. The molecule has 16 heavy (non-hydrogen) atoms. The van der Waals surface area contributed by atoms with Crippen molar-refractivity contribution in [1.29, 1.82) is 0 Å². The molecule has 2 N–H and O–H groups in total. The Hall–Kier alpha value is -0.170. The fourth-order valence-corrected chi connectivity index (χ4v) is 3.17. The number of aliphatic hydroxyl groups is 1. The molecular formula is C10H22N2O3S. The molecule has 2 atom stereocenters. The van der Waals surface area contributed by atoms with Gasteiger partial charge in [0, 0.05) is 19.6 Å². The standard InChI is InChI=1S/C10H22N2O3S/c1-11-7-10(13)6-9-4-3-5-12(8-9)16(2,14)15/h9-11,13H,3-8H2,1-2H3. The maximum atomic E-state index is 11.4. The lowest BCUT2D eigenvalue weighted by atomic mass is 9.93. The van der Waals surface area contributed by atoms with Gasteiger partial charge in [0.15, 0.2) is 0 Å². The van der Waals surface area contributed by atoms with Crippen LogP contribution in [0.25, 0.3) is 0 Å². The molecule has 1 rings (SSSR count). The second kappa shape index (κ2) is 5.95. The van der Waals surface area contributed by atoms with Crippen LogP contribution in [0.4, 0.5) is 0 Å². The summed E-state index contributed by atoms with van der Waals surface area (Å²) in [6.45, 7) is 1.74. The molecule has 0 radical (unpaired) electrons. The van der Waals surface area contributed by atoms with Gasteiger partial charge in [-0.2, -0.15) is 0 Å². The molecule has 1 aliphatic rings. The van der Waals surface area contributed by atoms with E-state index in [-0.39, 0.29) is 12.0 Å². The first-order valence-electron chi connectivity index (χ1n) is 5.71. The third kappa shape index (κ3) is 4.37. The van der Waals surface area contributed by atoms with Crippen molar-refractivity contribution in [2.75, 3.05) is 32.9 Å². The van der Waals surface area contributed by atoms with Crippen molar-refractivity contribution in [3.8, 4) is 0 Å². The number of nitrogens with one attached hydrogen (secondary N) is 1. The highest BCUT2D eigenvalue weighted by Gasteiger charge is 2.26. The van der Waals surface area contributed by atoms with Crippen molar-refractivity contribution < 1.29 is 13.5 Å². The highest BCUT2D eigenvalue weighted by atomic mass is 32.2. The molecule has 0 aromatic carbocycles. The second-order valence-corrected chi connectivity index (χ2v) is 6.56. The van der Waals surface area contributed by atoms with Crippen molar-refractivity contribution in [2.45, 2.75) is 25.4 Å². The molecule has 6 heteroatoms. The van der Waals surface area contributed by atoms with Crippen molar-refractivity contribution >= 4 is 10.0 Å². The first kappa shape index (κ1) is 13.9. The Kier molecular flexibility index (Phi) is 5.17. The second-order valence-electron chi connectivity index (χ2n) is 4.58. The maximum absolute atomic E-state index is 11.4. The summed E-state index contributed by atoms with van der Waals surface area (Å²) in [6.07, 6.45) is 3.44. The van der Waals surface area contributed by atoms with Crippen LogP contribution in [0, 0.1) is 5.92 Å². The summed E-state index contributed by atoms with van der Waals surface area (Å²) < 4.78 is 24.3. The van der Waals surface area contributed by atoms with E-state index in [4.69, 9.17) is 0 Å². The molecule has 2 unspecified atom stereocenters. The Morgan fingerprint density at radius 1 is 1.56 bits per heavy atom. The Labute approximate surface area is 97.9 Å². The predicted molar refractivity (Wildman–Crippen MR) is 63.7 cm³/mol. The van der Waals surface area contributed by atoms with E-state index in [9.17, 15) is 13.5 Å². The predicted octanol–water partition coefficient (Wildman–Crippen LogP) is -0.372. The topological polar surface area (TPSA) is 69.6 Å². The highest BCUT2D eigenvalue weighted by molar-refractivity contribution is 7.88. The molecule has 96 valence electrons. The zero-order valence-corrected chi connectivity index (χ0v) is 10.8. The van der Waals surface area contributed by atoms with Gasteiger partial charge in [0.1, 0.15) is 0 Å². The number of piperidine rings is 1. The molecule has 0 spiro atoms. The van der Waals surface area contributed by atoms with E-state index >= 15 is 0 Å². The molecule has 1 saturated heterocycles. The van der Waals surface area contributed by atoms with Gasteiger partial charge in [-0.05, 0) is 32.2 Å². The zero-order chi connectivity index (χ0) is 12.2. The fourth-order valence-electron chi connectivity index (χ4n) is 2.22. The third-order valence-electron chi connectivity index (χ3n) is 3.00. The minimum absolute atomic E-state index is 0.284. The maximum Gasteiger partial charge on any atom is 0.211 e. The molecule has 0 aromatic heterocycles. The summed E-state index contributed by atoms with van der Waals surface area (Å²) in [6, 6.07) is 0. The third-order valence-corrected chi connectivity index (χ3v) is 4.27. The van der Waals surface area contributed by atoms with Gasteiger partial charge >= 0.3 is 0 Å². The monoisotopic (exact) mass is 250 g/mol. The Morgan fingerprint density at radius 3 is 2.81 bits per heavy atom. The van der Waals surface area contributed by atoms with Crippen molar-refractivity contribution in [3.05, 3.63) is 0 Å². The summed E-state index contributed by atoms with van der Waals surface area (Å²) in [4.78, 5) is 0. The van der Waals surface area contributed by atoms with Gasteiger partial charge in [0.25, 0.3) is 0 Å². The number of sulfonamides is 1. The van der Waals surface area contributed by atoms with Gasteiger partial charge in [-0.15, -0.1) is 0 Å². The number of aliphatic hydroxyl groups excluding tert-OH is 1. The number of rotatable bonds is 5. The number of hydrogen-bond acceptors (Lipinski definition) is 4. The average molecular weight is 250 g/mol. The minimum atomic E-state index is -3.07. The Morgan fingerprint density at radius 2 is 2.25 bits per heavy atom. The molecule has 1 fully saturated rings. The molecule has 0 aromatic rings. The van der Waals surface area contributed by atoms with Crippen LogP contribution in [0.1, 0.15) is 19.3 Å². The molecule has 1 aliphatic heterocycles. The van der Waals surface area contributed by atoms with Crippen LogP contribution in [0.2, 0.25) is 0 Å². The first-order valence-corrected chi connectivity index (χ1v) is 7.56. The lowest BCUT2D eigenvalue weighted by Crippen LogP contribution is -2.40. The van der Waals surface area contributed by atoms with Gasteiger partial charge in [-0.1, -0.05) is 0 Å². The van der Waals surface area contributed by atoms with Crippen LogP contribution in [-0.2, 0) is 10.0 Å². The van der Waals surface area contributed by atoms with Crippen LogP contribution in [-0.4, -0.2) is 56.9 Å². The van der Waals surface area contributed by atoms with E-state index in [1.54, 1.807) is 7.05 Å². The van der Waals surface area contributed by atoms with E-state index in [1.165, 1.54) is 10.6 Å². The molecule has 5 nitrogen and oxygen atoms in total. The molecule has 0 bridgehead atoms. The largest absolute Gasteiger partial charge is 0.392 e. The number of likely N-dealkylation sites (N-methyl/N-ethyl adjacent to an activating group) is 1. The van der Waals surface area contributed by atoms with Crippen LogP contribution >= 0.6 is 0 Å². The summed E-state index contributed by atoms with van der Waals surface area (Å²) in [5.74, 6) is 0.284. The van der Waals surface area contributed by atoms with Gasteiger partial charge in [0.05, 0.1) is 12.4 Å². The van der Waals surface area contributed by atoms with Crippen LogP contribution in [0.15, 0.2) is 0 Å². The summed E-state index contributed by atoms with van der Waals surface area (Å²) >= 11 is 0. The van der Waals surface area contributed by atoms with Crippen LogP contribution < -0.4 is 5.32 Å². The normalized spacial score (nSPS) is 25.6. The molecule has 0 aliphatic carbocycles. The SMILES string of the molecule is CNCC(O)CC1CCCN(S(C)(=O)=O)C1. The van der Waals surface area contributed by atoms with E-state index in [0.717, 1.165) is 12.8 Å². The lowest BCUT2D eigenvalue weighted by Gasteiger charge is -2.31. The molecule has 0 saturated carbocycles. The van der Waals surface area contributed by atoms with Gasteiger partial charge in [-0.25, -0.2) is 12.7 Å². The van der Waals surface area contributed by atoms with Crippen LogP contribution in [0.3, 0.4) is 0 Å². The van der Waals surface area contributed by atoms with Gasteiger partial charge in [-0.3, -0.25) is 0 Å². The van der Waals surface area contributed by atoms with E-state index in [1.807, 2.05) is 0 Å². The van der Waals surface area contributed by atoms with E-state index in [2.05, 4.69) is 5.32 Å². The first-order chi connectivity index (χ1) is 7.43. The average Bonchev–Trinajstić information content (AvgIpc) is 2.17. The lowest BCUT2D eigenvalue weighted by molar-refractivity contribution is 0.122. The van der Waals surface area contributed by atoms with Crippen molar-refractivity contribution in [3.63, 3.8) is 0 Å². The molecule has 0 amide bonds. The van der Waals surface area contributed by atoms with Crippen molar-refractivity contribution in [2.24, 2.45) is 5.92 Å². The Bertz CT molecular complexity index is 305. The van der Waals surface area contributed by atoms with Gasteiger partial charge in [0.2, 0.25) is 10.0 Å². The highest BCUT2D eigenvalue weighted by Crippen LogP contribution is 2.22. The van der Waals surface area contributed by atoms with Crippen LogP contribution in [0.5, 0.6) is 0 Å². The quantitative estimate of drug-likeness (QED) is 0.698. The summed E-state index contributed by atoms with van der Waals surface area (Å²) in [7, 11) is -1.27.